The van der Waals surface area contributed by atoms with Crippen LogP contribution in [0, 0.1) is 0 Å². The standard InChI is InChI=1S/C4H6O5S/c1-4(6)2-10(7,8)9-3-5/h3H,2H2,1H3. The van der Waals surface area contributed by atoms with Crippen LogP contribution in [0.25, 0.3) is 0 Å². The van der Waals surface area contributed by atoms with Gasteiger partial charge in [-0.2, -0.15) is 8.42 Å². The molecule has 0 fully saturated rings. The molecule has 0 aliphatic heterocycles. The average molecular weight is 166 g/mol. The van der Waals surface area contributed by atoms with E-state index in [4.69, 9.17) is 0 Å². The Morgan fingerprint density at radius 1 is 1.60 bits per heavy atom. The van der Waals surface area contributed by atoms with Crippen molar-refractivity contribution in [2.75, 3.05) is 5.75 Å². The predicted octanol–water partition coefficient (Wildman–Crippen LogP) is -0.922. The summed E-state index contributed by atoms with van der Waals surface area (Å²) in [7, 11) is -3.95. The largest absolute Gasteiger partial charge is 0.348 e. The van der Waals surface area contributed by atoms with E-state index in [0.717, 1.165) is 6.92 Å². The molecule has 10 heavy (non-hydrogen) atoms. The van der Waals surface area contributed by atoms with E-state index < -0.39 is 21.7 Å². The van der Waals surface area contributed by atoms with Gasteiger partial charge in [0.15, 0.2) is 0 Å². The van der Waals surface area contributed by atoms with E-state index in [1.54, 1.807) is 0 Å². The minimum Gasteiger partial charge on any atom is -0.348 e. The average Bonchev–Trinajstić information content (AvgIpc) is 1.59. The second kappa shape index (κ2) is 3.31. The molecule has 0 aromatic heterocycles. The smallest absolute Gasteiger partial charge is 0.318 e. The highest BCUT2D eigenvalue weighted by molar-refractivity contribution is 7.87. The molecule has 0 spiro atoms. The molecule has 0 bridgehead atoms. The number of Topliss-reactive ketones (excluding diaryl/α,β-unsaturated/α-hetero) is 1. The fourth-order valence-electron chi connectivity index (χ4n) is 0.343. The van der Waals surface area contributed by atoms with Crippen LogP contribution in [0.5, 0.6) is 0 Å². The molecule has 0 radical (unpaired) electrons. The van der Waals surface area contributed by atoms with Crippen LogP contribution in [0.3, 0.4) is 0 Å². The van der Waals surface area contributed by atoms with Crippen molar-refractivity contribution in [3.05, 3.63) is 0 Å². The summed E-state index contributed by atoms with van der Waals surface area (Å²) in [5, 5.41) is 0. The third kappa shape index (κ3) is 4.02. The van der Waals surface area contributed by atoms with Crippen LogP contribution in [-0.2, 0) is 23.9 Å². The van der Waals surface area contributed by atoms with Gasteiger partial charge in [0.1, 0.15) is 11.5 Å². The van der Waals surface area contributed by atoms with Crippen molar-refractivity contribution < 1.29 is 22.2 Å². The molecule has 5 nitrogen and oxygen atoms in total. The predicted molar refractivity (Wildman–Crippen MR) is 31.6 cm³/mol. The molecule has 0 unspecified atom stereocenters. The normalized spacial score (nSPS) is 10.5. The summed E-state index contributed by atoms with van der Waals surface area (Å²) in [4.78, 5) is 19.6. The number of ketones is 1. The van der Waals surface area contributed by atoms with Crippen LogP contribution in [0.15, 0.2) is 0 Å². The third-order valence-corrected chi connectivity index (χ3v) is 1.70. The molecule has 0 rings (SSSR count). The fourth-order valence-corrected chi connectivity index (χ4v) is 1.03. The van der Waals surface area contributed by atoms with Crippen LogP contribution in [0.2, 0.25) is 0 Å². The first-order chi connectivity index (χ1) is 4.48. The minimum atomic E-state index is -3.95. The molecule has 0 aliphatic rings. The van der Waals surface area contributed by atoms with Crippen molar-refractivity contribution in [3.8, 4) is 0 Å². The SMILES string of the molecule is CC(=O)CS(=O)(=O)OC=O. The molecule has 0 saturated heterocycles. The maximum absolute atomic E-state index is 10.4. The topological polar surface area (TPSA) is 77.5 Å². The van der Waals surface area contributed by atoms with Gasteiger partial charge in [-0.05, 0) is 6.92 Å². The third-order valence-electron chi connectivity index (χ3n) is 0.566. The van der Waals surface area contributed by atoms with Gasteiger partial charge in [-0.15, -0.1) is 0 Å². The lowest BCUT2D eigenvalue weighted by atomic mass is 10.5. The van der Waals surface area contributed by atoms with Gasteiger partial charge >= 0.3 is 16.6 Å². The van der Waals surface area contributed by atoms with Crippen molar-refractivity contribution >= 4 is 22.4 Å². The Balaban J connectivity index is 4.14. The summed E-state index contributed by atoms with van der Waals surface area (Å²) in [6, 6.07) is 0. The minimum absolute atomic E-state index is 0.224. The van der Waals surface area contributed by atoms with Gasteiger partial charge in [0, 0.05) is 0 Å². The summed E-state index contributed by atoms with van der Waals surface area (Å²) < 4.78 is 24.3. The lowest BCUT2D eigenvalue weighted by molar-refractivity contribution is -0.120. The molecule has 0 amide bonds. The quantitative estimate of drug-likeness (QED) is 0.398. The Kier molecular flexibility index (Phi) is 3.01. The summed E-state index contributed by atoms with van der Waals surface area (Å²) in [5.74, 6) is -1.33. The molecular weight excluding hydrogens is 160 g/mol. The van der Waals surface area contributed by atoms with Crippen molar-refractivity contribution in [2.45, 2.75) is 6.92 Å². The second-order valence-electron chi connectivity index (χ2n) is 1.60. The van der Waals surface area contributed by atoms with E-state index >= 15 is 0 Å². The van der Waals surface area contributed by atoms with Gasteiger partial charge in [-0.3, -0.25) is 9.59 Å². The zero-order chi connectivity index (χ0) is 8.20. The highest BCUT2D eigenvalue weighted by Gasteiger charge is 2.13. The molecule has 0 aromatic rings. The van der Waals surface area contributed by atoms with E-state index in [2.05, 4.69) is 4.18 Å². The van der Waals surface area contributed by atoms with Crippen molar-refractivity contribution in [1.29, 1.82) is 0 Å². The van der Waals surface area contributed by atoms with Crippen LogP contribution >= 0.6 is 0 Å². The van der Waals surface area contributed by atoms with E-state index in [-0.39, 0.29) is 6.47 Å². The van der Waals surface area contributed by atoms with Crippen LogP contribution < -0.4 is 0 Å². The van der Waals surface area contributed by atoms with Gasteiger partial charge in [0.25, 0.3) is 0 Å². The molecule has 0 aliphatic carbocycles. The van der Waals surface area contributed by atoms with Crippen LogP contribution in [-0.4, -0.2) is 26.4 Å². The number of rotatable bonds is 4. The molecule has 0 aromatic carbocycles. The highest BCUT2D eigenvalue weighted by atomic mass is 32.2. The molecule has 0 saturated carbocycles. The monoisotopic (exact) mass is 166 g/mol. The first-order valence-electron chi connectivity index (χ1n) is 2.32. The Morgan fingerprint density at radius 3 is 2.40 bits per heavy atom. The summed E-state index contributed by atoms with van der Waals surface area (Å²) in [6.45, 7) is 0.865. The maximum Gasteiger partial charge on any atom is 0.318 e. The molecule has 0 heterocycles. The van der Waals surface area contributed by atoms with Gasteiger partial charge in [-0.25, -0.2) is 0 Å². The molecule has 0 N–H and O–H groups in total. The van der Waals surface area contributed by atoms with Gasteiger partial charge in [0.2, 0.25) is 0 Å². The van der Waals surface area contributed by atoms with Crippen molar-refractivity contribution in [1.82, 2.24) is 0 Å². The zero-order valence-electron chi connectivity index (χ0n) is 5.23. The number of carbonyl (C=O) groups excluding carboxylic acids is 2. The molecular formula is C4H6O5S. The number of hydrogen-bond donors (Lipinski definition) is 0. The Morgan fingerprint density at radius 2 is 2.10 bits per heavy atom. The second-order valence-corrected chi connectivity index (χ2v) is 3.19. The lowest BCUT2D eigenvalue weighted by Gasteiger charge is -1.94. The fraction of sp³-hybridized carbons (Fsp3) is 0.500. The van der Waals surface area contributed by atoms with Crippen LogP contribution in [0.1, 0.15) is 6.92 Å². The van der Waals surface area contributed by atoms with E-state index in [1.165, 1.54) is 0 Å². The molecule has 6 heteroatoms. The number of carbonyl (C=O) groups is 2. The Labute approximate surface area is 58.1 Å². The van der Waals surface area contributed by atoms with E-state index in [1.807, 2.05) is 0 Å². The lowest BCUT2D eigenvalue weighted by Crippen LogP contribution is -2.15. The first kappa shape index (κ1) is 9.09. The maximum atomic E-state index is 10.4. The number of hydrogen-bond acceptors (Lipinski definition) is 5. The van der Waals surface area contributed by atoms with Crippen molar-refractivity contribution in [2.24, 2.45) is 0 Å². The molecule has 58 valence electrons. The van der Waals surface area contributed by atoms with Gasteiger partial charge < -0.3 is 4.18 Å². The van der Waals surface area contributed by atoms with Crippen molar-refractivity contribution in [3.63, 3.8) is 0 Å². The van der Waals surface area contributed by atoms with E-state index in [0.29, 0.717) is 0 Å². The van der Waals surface area contributed by atoms with Gasteiger partial charge in [0.05, 0.1) is 0 Å². The summed E-state index contributed by atoms with van der Waals surface area (Å²) >= 11 is 0. The highest BCUT2D eigenvalue weighted by Crippen LogP contribution is 1.89. The Hall–Kier alpha value is -0.910. The van der Waals surface area contributed by atoms with E-state index in [9.17, 15) is 18.0 Å². The summed E-state index contributed by atoms with van der Waals surface area (Å²) in [5.41, 5.74) is 0. The molecule has 0 atom stereocenters. The summed E-state index contributed by atoms with van der Waals surface area (Å²) in [6.07, 6.45) is 0. The Bertz CT molecular complexity index is 226. The first-order valence-corrected chi connectivity index (χ1v) is 3.90. The van der Waals surface area contributed by atoms with Gasteiger partial charge in [-0.1, -0.05) is 0 Å². The zero-order valence-corrected chi connectivity index (χ0v) is 6.05. The van der Waals surface area contributed by atoms with Crippen LogP contribution in [0.4, 0.5) is 0 Å².